The number of ether oxygens (including phenoxy) is 2. The Morgan fingerprint density at radius 1 is 1.03 bits per heavy atom. The standard InChI is InChI=1S/C28H36N2O5/c1-6-18-34-22-12-8-20(9-13-22)25-24(27(32)28(33)30(25)17-7-16-29(4)5)26(31)21-10-14-23(15-11-21)35-19(2)3/h8-15,19,25,31H,6-7,16-18H2,1-5H3/t25-/m1/s1. The van der Waals surface area contributed by atoms with E-state index in [1.807, 2.05) is 64.0 Å². The van der Waals surface area contributed by atoms with Gasteiger partial charge in [0.2, 0.25) is 0 Å². The van der Waals surface area contributed by atoms with Crippen LogP contribution in [0.3, 0.4) is 0 Å². The van der Waals surface area contributed by atoms with Gasteiger partial charge < -0.3 is 24.4 Å². The molecule has 1 atom stereocenters. The topological polar surface area (TPSA) is 79.3 Å². The third-order valence-electron chi connectivity index (χ3n) is 5.71. The van der Waals surface area contributed by atoms with Crippen molar-refractivity contribution >= 4 is 17.4 Å². The highest BCUT2D eigenvalue weighted by molar-refractivity contribution is 6.46. The summed E-state index contributed by atoms with van der Waals surface area (Å²) >= 11 is 0. The van der Waals surface area contributed by atoms with Gasteiger partial charge in [0.15, 0.2) is 0 Å². The third-order valence-corrected chi connectivity index (χ3v) is 5.71. The molecular formula is C28H36N2O5. The lowest BCUT2D eigenvalue weighted by Crippen LogP contribution is -2.32. The van der Waals surface area contributed by atoms with E-state index in [0.29, 0.717) is 30.9 Å². The van der Waals surface area contributed by atoms with Crippen molar-refractivity contribution in [3.63, 3.8) is 0 Å². The molecular weight excluding hydrogens is 444 g/mol. The molecule has 0 bridgehead atoms. The third kappa shape index (κ3) is 6.42. The zero-order chi connectivity index (χ0) is 25.5. The first-order valence-electron chi connectivity index (χ1n) is 12.2. The van der Waals surface area contributed by atoms with Crippen LogP contribution in [0.1, 0.15) is 50.8 Å². The van der Waals surface area contributed by atoms with Crippen LogP contribution in [0.4, 0.5) is 0 Å². The Bertz CT molecular complexity index is 1040. The van der Waals surface area contributed by atoms with Gasteiger partial charge in [-0.2, -0.15) is 0 Å². The average molecular weight is 481 g/mol. The molecule has 1 heterocycles. The zero-order valence-electron chi connectivity index (χ0n) is 21.3. The second-order valence-corrected chi connectivity index (χ2v) is 9.26. The molecule has 1 N–H and O–H groups in total. The summed E-state index contributed by atoms with van der Waals surface area (Å²) in [5, 5.41) is 11.2. The van der Waals surface area contributed by atoms with E-state index in [9.17, 15) is 14.7 Å². The lowest BCUT2D eigenvalue weighted by Gasteiger charge is -2.26. The van der Waals surface area contributed by atoms with E-state index in [-0.39, 0.29) is 17.4 Å². The molecule has 35 heavy (non-hydrogen) atoms. The van der Waals surface area contributed by atoms with Gasteiger partial charge in [-0.05, 0) is 89.3 Å². The van der Waals surface area contributed by atoms with Gasteiger partial charge in [0, 0.05) is 12.1 Å². The van der Waals surface area contributed by atoms with Crippen molar-refractivity contribution in [1.29, 1.82) is 0 Å². The van der Waals surface area contributed by atoms with Gasteiger partial charge in [-0.25, -0.2) is 0 Å². The lowest BCUT2D eigenvalue weighted by atomic mass is 9.95. The van der Waals surface area contributed by atoms with Crippen LogP contribution in [0.2, 0.25) is 0 Å². The molecule has 0 aliphatic carbocycles. The molecule has 1 aliphatic rings. The number of aliphatic hydroxyl groups excluding tert-OH is 1. The second-order valence-electron chi connectivity index (χ2n) is 9.26. The molecule has 0 saturated carbocycles. The molecule has 1 amide bonds. The van der Waals surface area contributed by atoms with E-state index in [1.165, 1.54) is 0 Å². The van der Waals surface area contributed by atoms with Gasteiger partial charge in [-0.15, -0.1) is 0 Å². The number of amides is 1. The van der Waals surface area contributed by atoms with E-state index in [2.05, 4.69) is 0 Å². The fourth-order valence-electron chi connectivity index (χ4n) is 4.10. The van der Waals surface area contributed by atoms with Crippen molar-refractivity contribution in [3.8, 4) is 11.5 Å². The van der Waals surface area contributed by atoms with Crippen LogP contribution in [0, 0.1) is 0 Å². The smallest absolute Gasteiger partial charge is 0.295 e. The van der Waals surface area contributed by atoms with Crippen LogP contribution >= 0.6 is 0 Å². The van der Waals surface area contributed by atoms with E-state index in [4.69, 9.17) is 9.47 Å². The summed E-state index contributed by atoms with van der Waals surface area (Å²) in [5.41, 5.74) is 1.30. The van der Waals surface area contributed by atoms with Gasteiger partial charge in [0.25, 0.3) is 11.7 Å². The van der Waals surface area contributed by atoms with E-state index in [0.717, 1.165) is 24.3 Å². The summed E-state index contributed by atoms with van der Waals surface area (Å²) in [6.45, 7) is 7.70. The predicted molar refractivity (Wildman–Crippen MR) is 137 cm³/mol. The van der Waals surface area contributed by atoms with Crippen LogP contribution < -0.4 is 9.47 Å². The minimum atomic E-state index is -0.677. The number of carbonyl (C=O) groups is 2. The number of ketones is 1. The molecule has 0 unspecified atom stereocenters. The van der Waals surface area contributed by atoms with Crippen molar-refractivity contribution in [3.05, 3.63) is 65.2 Å². The molecule has 0 radical (unpaired) electrons. The normalized spacial score (nSPS) is 17.5. The maximum atomic E-state index is 13.2. The van der Waals surface area contributed by atoms with Gasteiger partial charge in [0.05, 0.1) is 24.3 Å². The summed E-state index contributed by atoms with van der Waals surface area (Å²) in [4.78, 5) is 29.8. The molecule has 2 aromatic rings. The quantitative estimate of drug-likeness (QED) is 0.287. The van der Waals surface area contributed by atoms with Gasteiger partial charge in [-0.3, -0.25) is 9.59 Å². The van der Waals surface area contributed by atoms with E-state index in [1.54, 1.807) is 29.2 Å². The molecule has 7 nitrogen and oxygen atoms in total. The Hall–Kier alpha value is -3.32. The summed E-state index contributed by atoms with van der Waals surface area (Å²) < 4.78 is 11.4. The lowest BCUT2D eigenvalue weighted by molar-refractivity contribution is -0.139. The van der Waals surface area contributed by atoms with Gasteiger partial charge in [0.1, 0.15) is 17.3 Å². The second kappa shape index (κ2) is 11.9. The van der Waals surface area contributed by atoms with Crippen LogP contribution in [0.5, 0.6) is 11.5 Å². The molecule has 0 spiro atoms. The maximum Gasteiger partial charge on any atom is 0.295 e. The SMILES string of the molecule is CCCOc1ccc([C@@H]2C(=C(O)c3ccc(OC(C)C)cc3)C(=O)C(=O)N2CCCN(C)C)cc1. The summed E-state index contributed by atoms with van der Waals surface area (Å²) in [7, 11) is 3.93. The molecule has 188 valence electrons. The van der Waals surface area contributed by atoms with Crippen molar-refractivity contribution in [1.82, 2.24) is 9.80 Å². The molecule has 1 aliphatic heterocycles. The maximum absolute atomic E-state index is 13.2. The number of carbonyl (C=O) groups excluding carboxylic acids is 2. The van der Waals surface area contributed by atoms with Crippen LogP contribution in [0.25, 0.3) is 5.76 Å². The Labute approximate surface area is 207 Å². The Morgan fingerprint density at radius 2 is 1.66 bits per heavy atom. The molecule has 1 saturated heterocycles. The van der Waals surface area contributed by atoms with Crippen molar-refractivity contribution in [2.75, 3.05) is 33.8 Å². The van der Waals surface area contributed by atoms with Crippen molar-refractivity contribution < 1.29 is 24.2 Å². The molecule has 2 aromatic carbocycles. The molecule has 1 fully saturated rings. The average Bonchev–Trinajstić information content (AvgIpc) is 3.07. The number of Topliss-reactive ketones (excluding diaryl/α,β-unsaturated/α-hetero) is 1. The summed E-state index contributed by atoms with van der Waals surface area (Å²) in [5.74, 6) is -0.0702. The van der Waals surface area contributed by atoms with E-state index >= 15 is 0 Å². The Balaban J connectivity index is 2.01. The first kappa shape index (κ1) is 26.3. The van der Waals surface area contributed by atoms with Crippen LogP contribution in [-0.2, 0) is 9.59 Å². The van der Waals surface area contributed by atoms with E-state index < -0.39 is 17.7 Å². The van der Waals surface area contributed by atoms with Gasteiger partial charge in [-0.1, -0.05) is 19.1 Å². The first-order valence-corrected chi connectivity index (χ1v) is 12.2. The Kier molecular flexibility index (Phi) is 8.93. The summed E-state index contributed by atoms with van der Waals surface area (Å²) in [6, 6.07) is 13.6. The number of hydrogen-bond donors (Lipinski definition) is 1. The highest BCUT2D eigenvalue weighted by Crippen LogP contribution is 2.40. The van der Waals surface area contributed by atoms with Gasteiger partial charge >= 0.3 is 0 Å². The zero-order valence-corrected chi connectivity index (χ0v) is 21.3. The number of nitrogens with zero attached hydrogens (tertiary/aromatic N) is 2. The van der Waals surface area contributed by atoms with Crippen LogP contribution in [0.15, 0.2) is 54.1 Å². The summed E-state index contributed by atoms with van der Waals surface area (Å²) in [6.07, 6.45) is 1.62. The van der Waals surface area contributed by atoms with Crippen molar-refractivity contribution in [2.45, 2.75) is 45.8 Å². The fraction of sp³-hybridized carbons (Fsp3) is 0.429. The largest absolute Gasteiger partial charge is 0.507 e. The highest BCUT2D eigenvalue weighted by atomic mass is 16.5. The number of likely N-dealkylation sites (tertiary alicyclic amines) is 1. The fourth-order valence-corrected chi connectivity index (χ4v) is 4.10. The molecule has 0 aromatic heterocycles. The van der Waals surface area contributed by atoms with Crippen LogP contribution in [-0.4, -0.2) is 66.5 Å². The molecule has 7 heteroatoms. The minimum absolute atomic E-state index is 0.0196. The Morgan fingerprint density at radius 3 is 2.23 bits per heavy atom. The number of rotatable bonds is 11. The monoisotopic (exact) mass is 480 g/mol. The number of benzene rings is 2. The highest BCUT2D eigenvalue weighted by Gasteiger charge is 2.45. The number of hydrogen-bond acceptors (Lipinski definition) is 6. The molecule has 3 rings (SSSR count). The van der Waals surface area contributed by atoms with Crippen molar-refractivity contribution in [2.24, 2.45) is 0 Å². The minimum Gasteiger partial charge on any atom is -0.507 e. The predicted octanol–water partition coefficient (Wildman–Crippen LogP) is 4.64. The number of aliphatic hydroxyl groups is 1. The first-order chi connectivity index (χ1) is 16.7.